The lowest BCUT2D eigenvalue weighted by atomic mass is 10.2. The van der Waals surface area contributed by atoms with Gasteiger partial charge in [0, 0.05) is 12.0 Å². The van der Waals surface area contributed by atoms with E-state index in [4.69, 9.17) is 11.6 Å². The average Bonchev–Trinajstić information content (AvgIpc) is 1.85. The molecule has 2 nitrogen and oxygen atoms in total. The van der Waals surface area contributed by atoms with Gasteiger partial charge < -0.3 is 4.74 Å². The van der Waals surface area contributed by atoms with Crippen LogP contribution in [0.3, 0.4) is 0 Å². The molecular formula is C6H8BrClO2. The van der Waals surface area contributed by atoms with E-state index >= 15 is 0 Å². The lowest BCUT2D eigenvalue weighted by Gasteiger charge is -2.02. The van der Waals surface area contributed by atoms with Gasteiger partial charge in [-0.1, -0.05) is 22.5 Å². The van der Waals surface area contributed by atoms with Crippen molar-refractivity contribution in [3.8, 4) is 0 Å². The van der Waals surface area contributed by atoms with Gasteiger partial charge in [0.05, 0.1) is 11.4 Å². The summed E-state index contributed by atoms with van der Waals surface area (Å²) < 4.78 is 4.14. The molecule has 0 aliphatic carbocycles. The standard InChI is InChI=1S/C6H8BrClO2/c1-4(3-5(7)8)6(9)10-2/h5H,1,3H2,2H3. The van der Waals surface area contributed by atoms with Crippen molar-refractivity contribution < 1.29 is 9.53 Å². The second kappa shape index (κ2) is 4.74. The van der Waals surface area contributed by atoms with Crippen LogP contribution in [-0.4, -0.2) is 17.4 Å². The third-order valence-corrected chi connectivity index (χ3v) is 1.35. The zero-order valence-corrected chi connectivity index (χ0v) is 7.91. The van der Waals surface area contributed by atoms with E-state index in [0.29, 0.717) is 12.0 Å². The highest BCUT2D eigenvalue weighted by Crippen LogP contribution is 2.15. The van der Waals surface area contributed by atoms with Gasteiger partial charge in [-0.25, -0.2) is 4.79 Å². The zero-order valence-electron chi connectivity index (χ0n) is 5.56. The Morgan fingerprint density at radius 2 is 2.40 bits per heavy atom. The van der Waals surface area contributed by atoms with Crippen LogP contribution < -0.4 is 0 Å². The summed E-state index contributed by atoms with van der Waals surface area (Å²) in [6.07, 6.45) is 0.397. The van der Waals surface area contributed by atoms with Crippen LogP contribution in [0, 0.1) is 0 Å². The first kappa shape index (κ1) is 9.98. The lowest BCUT2D eigenvalue weighted by molar-refractivity contribution is -0.136. The van der Waals surface area contributed by atoms with E-state index in [0.717, 1.165) is 0 Å². The van der Waals surface area contributed by atoms with Crippen LogP contribution in [0.15, 0.2) is 12.2 Å². The van der Waals surface area contributed by atoms with Gasteiger partial charge >= 0.3 is 5.97 Å². The van der Waals surface area contributed by atoms with Gasteiger partial charge in [0.15, 0.2) is 0 Å². The molecule has 4 heteroatoms. The lowest BCUT2D eigenvalue weighted by Crippen LogP contribution is -2.05. The Morgan fingerprint density at radius 1 is 1.90 bits per heavy atom. The summed E-state index contributed by atoms with van der Waals surface area (Å²) >= 11 is 8.59. The first-order valence-corrected chi connectivity index (χ1v) is 3.97. The van der Waals surface area contributed by atoms with Gasteiger partial charge in [-0.3, -0.25) is 0 Å². The van der Waals surface area contributed by atoms with Gasteiger partial charge in [0.25, 0.3) is 0 Å². The van der Waals surface area contributed by atoms with Crippen LogP contribution in [0.1, 0.15) is 6.42 Å². The first-order valence-electron chi connectivity index (χ1n) is 2.62. The van der Waals surface area contributed by atoms with Crippen molar-refractivity contribution in [1.29, 1.82) is 0 Å². The molecule has 0 saturated carbocycles. The molecule has 0 aromatic rings. The van der Waals surface area contributed by atoms with Crippen molar-refractivity contribution >= 4 is 33.5 Å². The van der Waals surface area contributed by atoms with Crippen molar-refractivity contribution in [2.75, 3.05) is 7.11 Å². The number of methoxy groups -OCH3 is 1. The van der Waals surface area contributed by atoms with Gasteiger partial charge in [0.1, 0.15) is 0 Å². The molecule has 0 amide bonds. The predicted octanol–water partition coefficient (Wildman–Crippen LogP) is 2.07. The Hall–Kier alpha value is -0.0200. The Labute approximate surface area is 73.3 Å². The molecule has 1 unspecified atom stereocenters. The topological polar surface area (TPSA) is 26.3 Å². The van der Waals surface area contributed by atoms with Crippen molar-refractivity contribution in [1.82, 2.24) is 0 Å². The largest absolute Gasteiger partial charge is 0.466 e. The number of ether oxygens (including phenoxy) is 1. The quantitative estimate of drug-likeness (QED) is 0.419. The number of hydrogen-bond donors (Lipinski definition) is 0. The number of carbonyl (C=O) groups is 1. The average molecular weight is 227 g/mol. The Bertz CT molecular complexity index is 145. The highest BCUT2D eigenvalue weighted by molar-refractivity contribution is 9.10. The normalized spacial score (nSPS) is 12.3. The number of hydrogen-bond acceptors (Lipinski definition) is 2. The monoisotopic (exact) mass is 226 g/mol. The highest BCUT2D eigenvalue weighted by atomic mass is 79.9. The third-order valence-electron chi connectivity index (χ3n) is 0.875. The molecule has 58 valence electrons. The van der Waals surface area contributed by atoms with Crippen LogP contribution in [-0.2, 0) is 9.53 Å². The minimum Gasteiger partial charge on any atom is -0.466 e. The second-order valence-electron chi connectivity index (χ2n) is 1.69. The fourth-order valence-corrected chi connectivity index (χ4v) is 0.991. The molecule has 0 fully saturated rings. The van der Waals surface area contributed by atoms with E-state index in [-0.39, 0.29) is 4.29 Å². The molecular weight excluding hydrogens is 219 g/mol. The summed E-state index contributed by atoms with van der Waals surface area (Å²) in [6, 6.07) is 0. The summed E-state index contributed by atoms with van der Waals surface area (Å²) in [5.41, 5.74) is 0.374. The van der Waals surface area contributed by atoms with Crippen molar-refractivity contribution in [3.63, 3.8) is 0 Å². The van der Waals surface area contributed by atoms with E-state index in [1.807, 2.05) is 0 Å². The second-order valence-corrected chi connectivity index (χ2v) is 3.85. The van der Waals surface area contributed by atoms with Gasteiger partial charge in [-0.15, -0.1) is 11.6 Å². The van der Waals surface area contributed by atoms with E-state index in [1.165, 1.54) is 7.11 Å². The molecule has 1 atom stereocenters. The van der Waals surface area contributed by atoms with Gasteiger partial charge in [0.2, 0.25) is 0 Å². The third kappa shape index (κ3) is 3.90. The predicted molar refractivity (Wildman–Crippen MR) is 44.3 cm³/mol. The molecule has 0 aliphatic heterocycles. The SMILES string of the molecule is C=C(CC(Cl)Br)C(=O)OC. The molecule has 0 aliphatic rings. The summed E-state index contributed by atoms with van der Waals surface area (Å²) in [5, 5.41) is 0. The molecule has 0 radical (unpaired) electrons. The molecule has 0 aromatic heterocycles. The zero-order chi connectivity index (χ0) is 8.15. The van der Waals surface area contributed by atoms with E-state index in [9.17, 15) is 4.79 Å². The number of carbonyl (C=O) groups excluding carboxylic acids is 1. The molecule has 0 rings (SSSR count). The van der Waals surface area contributed by atoms with Crippen molar-refractivity contribution in [2.24, 2.45) is 0 Å². The minimum absolute atomic E-state index is 0.251. The number of esters is 1. The fraction of sp³-hybridized carbons (Fsp3) is 0.500. The minimum atomic E-state index is -0.412. The van der Waals surface area contributed by atoms with Gasteiger partial charge in [-0.05, 0) is 0 Å². The molecule has 0 spiro atoms. The summed E-state index contributed by atoms with van der Waals surface area (Å²) in [4.78, 5) is 10.6. The van der Waals surface area contributed by atoms with Crippen LogP contribution in [0.4, 0.5) is 0 Å². The Kier molecular flexibility index (Phi) is 4.73. The molecule has 0 bridgehead atoms. The van der Waals surface area contributed by atoms with Crippen LogP contribution in [0.2, 0.25) is 0 Å². The van der Waals surface area contributed by atoms with Gasteiger partial charge in [-0.2, -0.15) is 0 Å². The number of halogens is 2. The molecule has 0 saturated heterocycles. The van der Waals surface area contributed by atoms with E-state index in [1.54, 1.807) is 0 Å². The van der Waals surface area contributed by atoms with E-state index in [2.05, 4.69) is 27.2 Å². The fourth-order valence-electron chi connectivity index (χ4n) is 0.414. The molecule has 0 heterocycles. The van der Waals surface area contributed by atoms with Crippen LogP contribution in [0.5, 0.6) is 0 Å². The highest BCUT2D eigenvalue weighted by Gasteiger charge is 2.09. The molecule has 10 heavy (non-hydrogen) atoms. The number of alkyl halides is 2. The summed E-state index contributed by atoms with van der Waals surface area (Å²) in [6.45, 7) is 3.48. The summed E-state index contributed by atoms with van der Waals surface area (Å²) in [5.74, 6) is -0.412. The maximum atomic E-state index is 10.6. The molecule has 0 aromatic carbocycles. The molecule has 0 N–H and O–H groups in total. The first-order chi connectivity index (χ1) is 4.57. The number of rotatable bonds is 3. The van der Waals surface area contributed by atoms with E-state index < -0.39 is 5.97 Å². The Morgan fingerprint density at radius 3 is 2.70 bits per heavy atom. The van der Waals surface area contributed by atoms with Crippen molar-refractivity contribution in [2.45, 2.75) is 10.7 Å². The van der Waals surface area contributed by atoms with Crippen LogP contribution >= 0.6 is 27.5 Å². The van der Waals surface area contributed by atoms with Crippen LogP contribution in [0.25, 0.3) is 0 Å². The smallest absolute Gasteiger partial charge is 0.333 e. The summed E-state index contributed by atoms with van der Waals surface area (Å²) in [7, 11) is 1.31. The van der Waals surface area contributed by atoms with Crippen molar-refractivity contribution in [3.05, 3.63) is 12.2 Å². The maximum Gasteiger partial charge on any atom is 0.333 e. The maximum absolute atomic E-state index is 10.6. The Balaban J connectivity index is 3.74.